The van der Waals surface area contributed by atoms with Crippen LogP contribution in [-0.2, 0) is 18.0 Å². The lowest BCUT2D eigenvalue weighted by atomic mass is 10.2. The number of amides is 1. The third kappa shape index (κ3) is 4.50. The molecule has 148 valence electrons. The van der Waals surface area contributed by atoms with Crippen molar-refractivity contribution in [2.75, 3.05) is 5.32 Å². The monoisotopic (exact) mass is 410 g/mol. The first-order chi connectivity index (χ1) is 13.1. The standard InChI is InChI=1S/C18H17F3N4O2S/c1-10-14(8-25(3)24-10)15-9-28-17(22-15)23-16(26)11(2)27-13-6-4-5-12(7-13)18(19,20)21/h4-9,11H,1-3H3,(H,22,23,26)/t11-/m1/s1. The molecule has 28 heavy (non-hydrogen) atoms. The maximum Gasteiger partial charge on any atom is 0.416 e. The van der Waals surface area contributed by atoms with Crippen LogP contribution in [0.3, 0.4) is 0 Å². The van der Waals surface area contributed by atoms with E-state index in [2.05, 4.69) is 15.4 Å². The number of rotatable bonds is 5. The Balaban J connectivity index is 1.66. The van der Waals surface area contributed by atoms with Gasteiger partial charge in [0, 0.05) is 24.2 Å². The van der Waals surface area contributed by atoms with Crippen molar-refractivity contribution in [3.63, 3.8) is 0 Å². The van der Waals surface area contributed by atoms with Gasteiger partial charge in [0.25, 0.3) is 5.91 Å². The number of carbonyl (C=O) groups excluding carboxylic acids is 1. The highest BCUT2D eigenvalue weighted by molar-refractivity contribution is 7.14. The van der Waals surface area contributed by atoms with Gasteiger partial charge in [0.1, 0.15) is 5.75 Å². The van der Waals surface area contributed by atoms with Crippen molar-refractivity contribution in [3.8, 4) is 17.0 Å². The summed E-state index contributed by atoms with van der Waals surface area (Å²) in [5, 5.41) is 9.02. The van der Waals surface area contributed by atoms with E-state index in [0.29, 0.717) is 10.8 Å². The molecule has 0 radical (unpaired) electrons. The number of benzene rings is 1. The fourth-order valence-electron chi connectivity index (χ4n) is 2.52. The number of alkyl halides is 3. The molecule has 0 unspecified atom stereocenters. The molecule has 0 aliphatic carbocycles. The summed E-state index contributed by atoms with van der Waals surface area (Å²) in [7, 11) is 1.80. The van der Waals surface area contributed by atoms with E-state index in [1.807, 2.05) is 13.1 Å². The SMILES string of the molecule is Cc1nn(C)cc1-c1csc(NC(=O)[C@@H](C)Oc2cccc(C(F)(F)F)c2)n1. The number of hydrogen-bond acceptors (Lipinski definition) is 5. The summed E-state index contributed by atoms with van der Waals surface area (Å²) >= 11 is 1.24. The summed E-state index contributed by atoms with van der Waals surface area (Å²) < 4.78 is 45.4. The van der Waals surface area contributed by atoms with Gasteiger partial charge in [-0.1, -0.05) is 6.07 Å². The van der Waals surface area contributed by atoms with Gasteiger partial charge in [0.2, 0.25) is 0 Å². The van der Waals surface area contributed by atoms with Crippen LogP contribution in [0, 0.1) is 6.92 Å². The topological polar surface area (TPSA) is 69.0 Å². The summed E-state index contributed by atoms with van der Waals surface area (Å²) in [4.78, 5) is 16.7. The second kappa shape index (κ2) is 7.63. The molecule has 1 amide bonds. The number of thiazole rings is 1. The molecular formula is C18H17F3N4O2S. The molecule has 0 saturated heterocycles. The van der Waals surface area contributed by atoms with Gasteiger partial charge in [0.15, 0.2) is 11.2 Å². The van der Waals surface area contributed by atoms with Crippen molar-refractivity contribution in [2.45, 2.75) is 26.1 Å². The van der Waals surface area contributed by atoms with Crippen LogP contribution in [0.25, 0.3) is 11.3 Å². The van der Waals surface area contributed by atoms with Gasteiger partial charge in [-0.25, -0.2) is 4.98 Å². The van der Waals surface area contributed by atoms with Crippen LogP contribution in [-0.4, -0.2) is 26.8 Å². The minimum atomic E-state index is -4.48. The molecule has 0 fully saturated rings. The Morgan fingerprint density at radius 1 is 1.36 bits per heavy atom. The van der Waals surface area contributed by atoms with E-state index < -0.39 is 23.8 Å². The quantitative estimate of drug-likeness (QED) is 0.682. The molecule has 3 aromatic rings. The van der Waals surface area contributed by atoms with Gasteiger partial charge < -0.3 is 4.74 Å². The second-order valence-corrected chi connectivity index (χ2v) is 6.97. The zero-order valence-corrected chi connectivity index (χ0v) is 16.1. The summed E-state index contributed by atoms with van der Waals surface area (Å²) in [6, 6.07) is 4.39. The number of aromatic nitrogens is 3. The summed E-state index contributed by atoms with van der Waals surface area (Å²) in [6.07, 6.45) is -3.65. The minimum absolute atomic E-state index is 0.0386. The van der Waals surface area contributed by atoms with Gasteiger partial charge in [0.05, 0.1) is 17.0 Å². The Bertz CT molecular complexity index is 997. The maximum atomic E-state index is 12.8. The smallest absolute Gasteiger partial charge is 0.416 e. The van der Waals surface area contributed by atoms with E-state index in [0.717, 1.165) is 23.4 Å². The fourth-order valence-corrected chi connectivity index (χ4v) is 3.23. The molecule has 1 N–H and O–H groups in total. The first-order valence-corrected chi connectivity index (χ1v) is 9.12. The first kappa shape index (κ1) is 19.9. The number of ether oxygens (including phenoxy) is 1. The highest BCUT2D eigenvalue weighted by Crippen LogP contribution is 2.31. The lowest BCUT2D eigenvalue weighted by Crippen LogP contribution is -2.30. The molecule has 0 aliphatic heterocycles. The van der Waals surface area contributed by atoms with Crippen LogP contribution in [0.5, 0.6) is 5.75 Å². The van der Waals surface area contributed by atoms with Crippen molar-refractivity contribution in [1.82, 2.24) is 14.8 Å². The molecule has 0 aliphatic rings. The molecule has 3 rings (SSSR count). The van der Waals surface area contributed by atoms with Gasteiger partial charge in [-0.3, -0.25) is 14.8 Å². The zero-order chi connectivity index (χ0) is 20.5. The summed E-state index contributed by atoms with van der Waals surface area (Å²) in [5.74, 6) is -0.551. The van der Waals surface area contributed by atoms with Gasteiger partial charge in [-0.15, -0.1) is 11.3 Å². The summed E-state index contributed by atoms with van der Waals surface area (Å²) in [6.45, 7) is 3.31. The number of carbonyl (C=O) groups is 1. The molecule has 0 spiro atoms. The number of aryl methyl sites for hydroxylation is 2. The Hall–Kier alpha value is -2.88. The number of anilines is 1. The highest BCUT2D eigenvalue weighted by Gasteiger charge is 2.31. The minimum Gasteiger partial charge on any atom is -0.481 e. The van der Waals surface area contributed by atoms with Crippen LogP contribution in [0.15, 0.2) is 35.8 Å². The van der Waals surface area contributed by atoms with Gasteiger partial charge in [-0.2, -0.15) is 18.3 Å². The average molecular weight is 410 g/mol. The molecule has 1 aromatic carbocycles. The van der Waals surface area contributed by atoms with E-state index in [4.69, 9.17) is 4.74 Å². The lowest BCUT2D eigenvalue weighted by Gasteiger charge is -2.15. The maximum absolute atomic E-state index is 12.8. The number of nitrogens with one attached hydrogen (secondary N) is 1. The largest absolute Gasteiger partial charge is 0.481 e. The van der Waals surface area contributed by atoms with Crippen molar-refractivity contribution in [3.05, 3.63) is 47.1 Å². The Morgan fingerprint density at radius 3 is 2.75 bits per heavy atom. The van der Waals surface area contributed by atoms with Crippen LogP contribution in [0.2, 0.25) is 0 Å². The molecule has 2 aromatic heterocycles. The van der Waals surface area contributed by atoms with Crippen LogP contribution in [0.1, 0.15) is 18.2 Å². The van der Waals surface area contributed by atoms with E-state index in [9.17, 15) is 18.0 Å². The Morgan fingerprint density at radius 2 is 2.11 bits per heavy atom. The molecular weight excluding hydrogens is 393 g/mol. The Kier molecular flexibility index (Phi) is 5.41. The first-order valence-electron chi connectivity index (χ1n) is 8.24. The van der Waals surface area contributed by atoms with Crippen LogP contribution < -0.4 is 10.1 Å². The zero-order valence-electron chi connectivity index (χ0n) is 15.2. The third-order valence-corrected chi connectivity index (χ3v) is 4.62. The van der Waals surface area contributed by atoms with E-state index in [-0.39, 0.29) is 5.75 Å². The average Bonchev–Trinajstić information content (AvgIpc) is 3.20. The van der Waals surface area contributed by atoms with Crippen molar-refractivity contribution < 1.29 is 22.7 Å². The van der Waals surface area contributed by atoms with Crippen LogP contribution in [0.4, 0.5) is 18.3 Å². The van der Waals surface area contributed by atoms with Crippen molar-refractivity contribution >= 4 is 22.4 Å². The van der Waals surface area contributed by atoms with Crippen LogP contribution >= 0.6 is 11.3 Å². The molecule has 0 bridgehead atoms. The molecule has 2 heterocycles. The number of hydrogen-bond donors (Lipinski definition) is 1. The predicted molar refractivity (Wildman–Crippen MR) is 99.2 cm³/mol. The number of halogens is 3. The van der Waals surface area contributed by atoms with Crippen molar-refractivity contribution in [1.29, 1.82) is 0 Å². The van der Waals surface area contributed by atoms with Crippen molar-refractivity contribution in [2.24, 2.45) is 7.05 Å². The normalized spacial score (nSPS) is 12.6. The highest BCUT2D eigenvalue weighted by atomic mass is 32.1. The lowest BCUT2D eigenvalue weighted by molar-refractivity contribution is -0.137. The fraction of sp³-hybridized carbons (Fsp3) is 0.278. The van der Waals surface area contributed by atoms with E-state index >= 15 is 0 Å². The van der Waals surface area contributed by atoms with Gasteiger partial charge in [-0.05, 0) is 32.0 Å². The molecule has 1 atom stereocenters. The molecule has 0 saturated carbocycles. The number of nitrogens with zero attached hydrogens (tertiary/aromatic N) is 3. The van der Waals surface area contributed by atoms with E-state index in [1.165, 1.54) is 30.4 Å². The Labute approximate surface area is 163 Å². The molecule has 6 nitrogen and oxygen atoms in total. The van der Waals surface area contributed by atoms with E-state index in [1.54, 1.807) is 17.1 Å². The van der Waals surface area contributed by atoms with Gasteiger partial charge >= 0.3 is 6.18 Å². The molecule has 10 heteroatoms. The summed E-state index contributed by atoms with van der Waals surface area (Å²) in [5.41, 5.74) is 1.51. The third-order valence-electron chi connectivity index (χ3n) is 3.87. The predicted octanol–water partition coefficient (Wildman–Crippen LogP) is 4.28. The second-order valence-electron chi connectivity index (χ2n) is 6.11.